The number of hydrogen-bond donors (Lipinski definition) is 2. The van der Waals surface area contributed by atoms with Crippen molar-refractivity contribution < 1.29 is 9.53 Å². The van der Waals surface area contributed by atoms with Crippen LogP contribution in [-0.2, 0) is 35.6 Å². The maximum absolute atomic E-state index is 12.7. The van der Waals surface area contributed by atoms with Crippen molar-refractivity contribution in [1.29, 1.82) is 0 Å². The third-order valence-electron chi connectivity index (χ3n) is 6.24. The third kappa shape index (κ3) is 7.46. The van der Waals surface area contributed by atoms with Crippen LogP contribution in [0, 0.1) is 0 Å². The lowest BCUT2D eigenvalue weighted by atomic mass is 10.1. The van der Waals surface area contributed by atoms with E-state index >= 15 is 0 Å². The van der Waals surface area contributed by atoms with Gasteiger partial charge in [0.05, 0.1) is 25.3 Å². The van der Waals surface area contributed by atoms with E-state index in [4.69, 9.17) is 10.5 Å². The van der Waals surface area contributed by atoms with Crippen LogP contribution >= 0.6 is 0 Å². The van der Waals surface area contributed by atoms with Crippen molar-refractivity contribution in [1.82, 2.24) is 25.0 Å². The van der Waals surface area contributed by atoms with Crippen molar-refractivity contribution in [2.24, 2.45) is 5.73 Å². The fraction of sp³-hybridized carbons (Fsp3) is 0.464. The first-order chi connectivity index (χ1) is 16.9. The largest absolute Gasteiger partial charge is 0.374 e. The van der Waals surface area contributed by atoms with Gasteiger partial charge in [-0.3, -0.25) is 9.69 Å². The Hall–Kier alpha value is -3.07. The van der Waals surface area contributed by atoms with Crippen LogP contribution in [0.3, 0.4) is 0 Å². The highest BCUT2D eigenvalue weighted by Crippen LogP contribution is 2.20. The minimum Gasteiger partial charge on any atom is -0.374 e. The number of hydrogen-bond acceptors (Lipinski definition) is 6. The Morgan fingerprint density at radius 1 is 1.06 bits per heavy atom. The molecule has 194 valence electrons. The monoisotopic (exact) mass is 492 g/mol. The van der Waals surface area contributed by atoms with E-state index in [9.17, 15) is 4.79 Å². The molecule has 1 aliphatic heterocycles. The van der Waals surface area contributed by atoms with Gasteiger partial charge in [0.2, 0.25) is 5.91 Å². The summed E-state index contributed by atoms with van der Waals surface area (Å²) in [5, 5.41) is 12.0. The standard InChI is InChI=1S/C27H36N6O2.CH4/c1-27(2,28)26(34)29-23(20-35-19-22-12-7-4-8-13-22)25-31-30-24-18-32(16-17-33(24)25)15-9-14-21-10-5-3-6-11-21;/h3-8,10-13,23H,9,14-20,28H2,1-2H3,(H,29,34);1H4/t23-;/m1./s1. The van der Waals surface area contributed by atoms with E-state index in [1.165, 1.54) is 5.56 Å². The number of aryl methyl sites for hydroxylation is 1. The topological polar surface area (TPSA) is 98.3 Å². The predicted octanol–water partition coefficient (Wildman–Crippen LogP) is 3.47. The molecule has 1 aliphatic rings. The summed E-state index contributed by atoms with van der Waals surface area (Å²) >= 11 is 0. The molecule has 0 radical (unpaired) electrons. The summed E-state index contributed by atoms with van der Waals surface area (Å²) in [7, 11) is 0. The minimum absolute atomic E-state index is 0. The first-order valence-corrected chi connectivity index (χ1v) is 12.3. The Balaban J connectivity index is 0.00000361. The summed E-state index contributed by atoms with van der Waals surface area (Å²) in [5.74, 6) is 1.39. The second-order valence-electron chi connectivity index (χ2n) is 9.74. The van der Waals surface area contributed by atoms with Crippen LogP contribution < -0.4 is 11.1 Å². The molecule has 4 rings (SSSR count). The average molecular weight is 493 g/mol. The quantitative estimate of drug-likeness (QED) is 0.425. The van der Waals surface area contributed by atoms with E-state index in [1.807, 2.05) is 30.3 Å². The lowest BCUT2D eigenvalue weighted by molar-refractivity contribution is -0.126. The van der Waals surface area contributed by atoms with E-state index in [0.29, 0.717) is 6.61 Å². The van der Waals surface area contributed by atoms with Crippen LogP contribution in [0.5, 0.6) is 0 Å². The first kappa shape index (κ1) is 27.5. The Labute approximate surface area is 214 Å². The maximum atomic E-state index is 12.7. The normalized spacial score (nSPS) is 14.5. The highest BCUT2D eigenvalue weighted by Gasteiger charge is 2.30. The van der Waals surface area contributed by atoms with Crippen LogP contribution in [0.1, 0.15) is 56.5 Å². The highest BCUT2D eigenvalue weighted by atomic mass is 16.5. The lowest BCUT2D eigenvalue weighted by Crippen LogP contribution is -2.51. The molecule has 1 atom stereocenters. The fourth-order valence-corrected chi connectivity index (χ4v) is 4.22. The van der Waals surface area contributed by atoms with Crippen molar-refractivity contribution >= 4 is 5.91 Å². The Morgan fingerprint density at radius 2 is 1.72 bits per heavy atom. The Kier molecular flexibility index (Phi) is 9.75. The van der Waals surface area contributed by atoms with E-state index in [2.05, 4.69) is 55.3 Å². The van der Waals surface area contributed by atoms with Crippen LogP contribution in [0.15, 0.2) is 60.7 Å². The molecule has 0 saturated carbocycles. The summed E-state index contributed by atoms with van der Waals surface area (Å²) in [5.41, 5.74) is 7.48. The summed E-state index contributed by atoms with van der Waals surface area (Å²) in [6.07, 6.45) is 2.17. The van der Waals surface area contributed by atoms with E-state index in [-0.39, 0.29) is 19.9 Å². The molecule has 36 heavy (non-hydrogen) atoms. The Morgan fingerprint density at radius 3 is 2.39 bits per heavy atom. The van der Waals surface area contributed by atoms with Gasteiger partial charge in [-0.1, -0.05) is 68.1 Å². The van der Waals surface area contributed by atoms with Gasteiger partial charge in [-0.25, -0.2) is 0 Å². The van der Waals surface area contributed by atoms with E-state index < -0.39 is 11.6 Å². The molecule has 0 spiro atoms. The molecule has 1 amide bonds. The van der Waals surface area contributed by atoms with E-state index in [1.54, 1.807) is 13.8 Å². The molecule has 3 aromatic rings. The Bertz CT molecular complexity index is 1080. The number of amides is 1. The van der Waals surface area contributed by atoms with Gasteiger partial charge in [-0.15, -0.1) is 10.2 Å². The molecular weight excluding hydrogens is 452 g/mol. The molecule has 3 N–H and O–H groups in total. The summed E-state index contributed by atoms with van der Waals surface area (Å²) < 4.78 is 8.10. The summed E-state index contributed by atoms with van der Waals surface area (Å²) in [6, 6.07) is 20.1. The number of fused-ring (bicyclic) bond motifs is 1. The molecule has 1 aromatic heterocycles. The minimum atomic E-state index is -1.00. The van der Waals surface area contributed by atoms with Gasteiger partial charge in [-0.2, -0.15) is 0 Å². The van der Waals surface area contributed by atoms with Crippen LogP contribution in [0.25, 0.3) is 0 Å². The predicted molar refractivity (Wildman–Crippen MR) is 142 cm³/mol. The van der Waals surface area contributed by atoms with Gasteiger partial charge < -0.3 is 20.4 Å². The zero-order valence-corrected chi connectivity index (χ0v) is 20.7. The van der Waals surface area contributed by atoms with Gasteiger partial charge in [0, 0.05) is 13.1 Å². The molecule has 8 heteroatoms. The number of benzene rings is 2. The number of nitrogens with two attached hydrogens (primary N) is 1. The molecule has 0 aliphatic carbocycles. The molecule has 0 bridgehead atoms. The van der Waals surface area contributed by atoms with Crippen LogP contribution in [-0.4, -0.2) is 50.8 Å². The van der Waals surface area contributed by atoms with Crippen LogP contribution in [0.2, 0.25) is 0 Å². The number of aromatic nitrogens is 3. The highest BCUT2D eigenvalue weighted by molar-refractivity contribution is 5.85. The second kappa shape index (κ2) is 12.8. The van der Waals surface area contributed by atoms with Crippen molar-refractivity contribution in [2.45, 2.75) is 65.4 Å². The molecular formula is C28H40N6O2. The SMILES string of the molecule is C.CC(C)(N)C(=O)N[C@H](COCc1ccccc1)c1nnc2n1CCN(CCCc1ccccc1)C2. The first-order valence-electron chi connectivity index (χ1n) is 12.3. The molecule has 8 nitrogen and oxygen atoms in total. The van der Waals surface area contributed by atoms with E-state index in [0.717, 1.165) is 56.2 Å². The van der Waals surface area contributed by atoms with Crippen LogP contribution in [0.4, 0.5) is 0 Å². The van der Waals surface area contributed by atoms with Crippen molar-refractivity contribution in [3.63, 3.8) is 0 Å². The van der Waals surface area contributed by atoms with Crippen molar-refractivity contribution in [2.75, 3.05) is 19.7 Å². The van der Waals surface area contributed by atoms with Crippen molar-refractivity contribution in [3.8, 4) is 0 Å². The number of rotatable bonds is 11. The average Bonchev–Trinajstić information content (AvgIpc) is 3.27. The number of nitrogens with zero attached hydrogens (tertiary/aromatic N) is 4. The van der Waals surface area contributed by atoms with Gasteiger partial charge in [0.1, 0.15) is 11.9 Å². The zero-order chi connectivity index (χ0) is 24.7. The smallest absolute Gasteiger partial charge is 0.240 e. The summed E-state index contributed by atoms with van der Waals surface area (Å²) in [4.78, 5) is 15.1. The molecule has 0 fully saturated rings. The molecule has 0 saturated heterocycles. The van der Waals surface area contributed by atoms with Gasteiger partial charge in [0.25, 0.3) is 0 Å². The second-order valence-corrected chi connectivity index (χ2v) is 9.74. The lowest BCUT2D eigenvalue weighted by Gasteiger charge is -2.29. The molecule has 2 aromatic carbocycles. The van der Waals surface area contributed by atoms with Gasteiger partial charge >= 0.3 is 0 Å². The zero-order valence-electron chi connectivity index (χ0n) is 20.7. The molecule has 0 unspecified atom stereocenters. The van der Waals surface area contributed by atoms with Gasteiger partial charge in [-0.05, 0) is 44.4 Å². The summed E-state index contributed by atoms with van der Waals surface area (Å²) in [6.45, 7) is 7.58. The number of carbonyl (C=O) groups excluding carboxylic acids is 1. The number of ether oxygens (including phenoxy) is 1. The number of carbonyl (C=O) groups is 1. The molecule has 2 heterocycles. The maximum Gasteiger partial charge on any atom is 0.240 e. The number of nitrogens with one attached hydrogen (secondary N) is 1. The fourth-order valence-electron chi connectivity index (χ4n) is 4.22. The van der Waals surface area contributed by atoms with Gasteiger partial charge in [0.15, 0.2) is 5.82 Å². The third-order valence-corrected chi connectivity index (χ3v) is 6.24. The van der Waals surface area contributed by atoms with Crippen molar-refractivity contribution in [3.05, 3.63) is 83.4 Å².